The molecule has 0 aliphatic carbocycles. The van der Waals surface area contributed by atoms with Crippen LogP contribution in [0.25, 0.3) is 0 Å². The van der Waals surface area contributed by atoms with Crippen molar-refractivity contribution in [3.63, 3.8) is 0 Å². The Bertz CT molecular complexity index is 572. The minimum Gasteiger partial charge on any atom is -0.412 e. The minimum atomic E-state index is -0.215. The quantitative estimate of drug-likeness (QED) is 0.613. The maximum Gasteiger partial charge on any atom is 0.230 e. The molecular formula is C15H18BrClNO2+. The van der Waals surface area contributed by atoms with Crippen molar-refractivity contribution in [2.45, 2.75) is 19.9 Å². The van der Waals surface area contributed by atoms with E-state index in [1.54, 1.807) is 24.3 Å². The van der Waals surface area contributed by atoms with E-state index in [0.29, 0.717) is 10.6 Å². The summed E-state index contributed by atoms with van der Waals surface area (Å²) in [5, 5.41) is 0.641. The summed E-state index contributed by atoms with van der Waals surface area (Å²) >= 11 is 5.82. The third-order valence-electron chi connectivity index (χ3n) is 3.03. The van der Waals surface area contributed by atoms with Crippen LogP contribution >= 0.6 is 28.6 Å². The van der Waals surface area contributed by atoms with E-state index in [9.17, 15) is 4.79 Å². The van der Waals surface area contributed by atoms with Gasteiger partial charge in [0, 0.05) is 36.6 Å². The second kappa shape index (κ2) is 8.15. The molecule has 0 radical (unpaired) electrons. The Hall–Kier alpha value is -1.23. The van der Waals surface area contributed by atoms with Gasteiger partial charge in [0.2, 0.25) is 11.8 Å². The second-order valence-corrected chi connectivity index (χ2v) is 4.73. The van der Waals surface area contributed by atoms with Crippen molar-refractivity contribution < 1.29 is 14.8 Å². The van der Waals surface area contributed by atoms with Gasteiger partial charge in [-0.3, -0.25) is 4.79 Å². The van der Waals surface area contributed by atoms with Crippen LogP contribution in [-0.4, -0.2) is 11.3 Å². The first-order valence-electron chi connectivity index (χ1n) is 5.86. The molecule has 3 nitrogen and oxygen atoms in total. The van der Waals surface area contributed by atoms with E-state index in [4.69, 9.17) is 11.6 Å². The average molecular weight is 360 g/mol. The molecule has 0 bridgehead atoms. The molecule has 0 aliphatic rings. The third-order valence-corrected chi connectivity index (χ3v) is 3.28. The zero-order valence-electron chi connectivity index (χ0n) is 11.3. The molecule has 0 spiro atoms. The summed E-state index contributed by atoms with van der Waals surface area (Å²) < 4.78 is 1.97. The highest BCUT2D eigenvalue weighted by Crippen LogP contribution is 2.13. The molecule has 1 atom stereocenters. The van der Waals surface area contributed by atoms with E-state index in [1.165, 1.54) is 0 Å². The van der Waals surface area contributed by atoms with Gasteiger partial charge in [0.15, 0.2) is 11.9 Å². The van der Waals surface area contributed by atoms with Gasteiger partial charge in [0.1, 0.15) is 0 Å². The first kappa shape index (κ1) is 18.8. The number of benzene rings is 1. The van der Waals surface area contributed by atoms with Crippen molar-refractivity contribution in [3.8, 4) is 0 Å². The van der Waals surface area contributed by atoms with Gasteiger partial charge in [-0.1, -0.05) is 17.7 Å². The van der Waals surface area contributed by atoms with Gasteiger partial charge in [-0.25, -0.2) is 0 Å². The van der Waals surface area contributed by atoms with E-state index in [-0.39, 0.29) is 34.3 Å². The van der Waals surface area contributed by atoms with Crippen LogP contribution in [0.5, 0.6) is 0 Å². The van der Waals surface area contributed by atoms with Crippen LogP contribution in [-0.2, 0) is 0 Å². The highest BCUT2D eigenvalue weighted by atomic mass is 79.9. The van der Waals surface area contributed by atoms with Gasteiger partial charge >= 0.3 is 0 Å². The molecule has 1 aromatic heterocycles. The largest absolute Gasteiger partial charge is 0.412 e. The van der Waals surface area contributed by atoms with Gasteiger partial charge in [-0.2, -0.15) is 4.57 Å². The summed E-state index contributed by atoms with van der Waals surface area (Å²) in [4.78, 5) is 12.3. The van der Waals surface area contributed by atoms with Crippen molar-refractivity contribution in [2.75, 3.05) is 0 Å². The topological polar surface area (TPSA) is 52.5 Å². The van der Waals surface area contributed by atoms with Crippen molar-refractivity contribution in [1.29, 1.82) is 0 Å². The molecule has 1 unspecified atom stereocenters. The Morgan fingerprint density at radius 1 is 1.15 bits per heavy atom. The monoisotopic (exact) mass is 358 g/mol. The number of rotatable bonds is 3. The van der Waals surface area contributed by atoms with Crippen LogP contribution in [0.4, 0.5) is 0 Å². The maximum absolute atomic E-state index is 12.3. The Morgan fingerprint density at radius 3 is 2.30 bits per heavy atom. The standard InChI is InChI=1S/C15H15ClNO.BrH.H2O/c1-11-5-3-4-10-17(11)12(2)15(18)13-6-8-14(16)9-7-13;;/h3-10,12H,1-2H3;1H;1H2/q+1;;. The molecule has 2 rings (SSSR count). The van der Waals surface area contributed by atoms with E-state index in [2.05, 4.69) is 0 Å². The fourth-order valence-electron chi connectivity index (χ4n) is 1.96. The number of aryl methyl sites for hydroxylation is 1. The van der Waals surface area contributed by atoms with Crippen LogP contribution in [0.2, 0.25) is 5.02 Å². The number of nitrogens with zero attached hydrogens (tertiary/aromatic N) is 1. The summed E-state index contributed by atoms with van der Waals surface area (Å²) in [7, 11) is 0. The molecule has 20 heavy (non-hydrogen) atoms. The third kappa shape index (κ3) is 4.13. The molecule has 1 heterocycles. The summed E-state index contributed by atoms with van der Waals surface area (Å²) in [5.74, 6) is 0.0889. The number of Topliss-reactive ketones (excluding diaryl/α,β-unsaturated/α-hetero) is 1. The number of halogens is 2. The predicted octanol–water partition coefficient (Wildman–Crippen LogP) is 3.13. The van der Waals surface area contributed by atoms with Gasteiger partial charge in [-0.05, 0) is 24.3 Å². The fourth-order valence-corrected chi connectivity index (χ4v) is 2.08. The smallest absolute Gasteiger partial charge is 0.230 e. The number of carbonyl (C=O) groups excluding carboxylic acids is 1. The molecule has 108 valence electrons. The summed E-state index contributed by atoms with van der Waals surface area (Å²) in [5.41, 5.74) is 1.75. The number of aromatic nitrogens is 1. The second-order valence-electron chi connectivity index (χ2n) is 4.30. The highest BCUT2D eigenvalue weighted by molar-refractivity contribution is 8.93. The van der Waals surface area contributed by atoms with Crippen LogP contribution in [0, 0.1) is 6.92 Å². The molecule has 0 aliphatic heterocycles. The number of hydrogen-bond donors (Lipinski definition) is 0. The Kier molecular flexibility index (Phi) is 7.64. The van der Waals surface area contributed by atoms with Gasteiger partial charge in [0.25, 0.3) is 0 Å². The molecule has 0 saturated carbocycles. The lowest BCUT2D eigenvalue weighted by molar-refractivity contribution is -0.710. The minimum absolute atomic E-state index is 0. The number of pyridine rings is 1. The lowest BCUT2D eigenvalue weighted by Crippen LogP contribution is -2.44. The number of carbonyl (C=O) groups is 1. The molecule has 2 aromatic rings. The lowest BCUT2D eigenvalue weighted by Gasteiger charge is -2.08. The zero-order chi connectivity index (χ0) is 13.1. The number of hydrogen-bond acceptors (Lipinski definition) is 1. The summed E-state index contributed by atoms with van der Waals surface area (Å²) in [6.45, 7) is 3.90. The Balaban J connectivity index is 0.00000180. The highest BCUT2D eigenvalue weighted by Gasteiger charge is 2.24. The Morgan fingerprint density at radius 2 is 1.75 bits per heavy atom. The predicted molar refractivity (Wildman–Crippen MR) is 85.8 cm³/mol. The normalized spacial score (nSPS) is 10.9. The number of ketones is 1. The van der Waals surface area contributed by atoms with E-state index >= 15 is 0 Å². The molecular weight excluding hydrogens is 342 g/mol. The molecule has 0 saturated heterocycles. The molecule has 1 aromatic carbocycles. The fraction of sp³-hybridized carbons (Fsp3) is 0.200. The van der Waals surface area contributed by atoms with Crippen LogP contribution in [0.3, 0.4) is 0 Å². The van der Waals surface area contributed by atoms with Crippen LogP contribution in [0.15, 0.2) is 48.7 Å². The van der Waals surface area contributed by atoms with Crippen molar-refractivity contribution in [1.82, 2.24) is 0 Å². The zero-order valence-corrected chi connectivity index (χ0v) is 13.8. The molecule has 0 amide bonds. The van der Waals surface area contributed by atoms with Gasteiger partial charge < -0.3 is 5.48 Å². The van der Waals surface area contributed by atoms with Crippen molar-refractivity contribution >= 4 is 34.4 Å². The van der Waals surface area contributed by atoms with E-state index < -0.39 is 0 Å². The van der Waals surface area contributed by atoms with E-state index in [0.717, 1.165) is 5.69 Å². The Labute approximate surface area is 134 Å². The molecule has 2 N–H and O–H groups in total. The van der Waals surface area contributed by atoms with Crippen molar-refractivity contribution in [3.05, 3.63) is 64.9 Å². The first-order valence-corrected chi connectivity index (χ1v) is 6.24. The van der Waals surface area contributed by atoms with Gasteiger partial charge in [0.05, 0.1) is 0 Å². The summed E-state index contributed by atoms with van der Waals surface area (Å²) in [6, 6.07) is 12.7. The SMILES string of the molecule is Br.Cc1cccc[n+]1C(C)C(=O)c1ccc(Cl)cc1.O. The van der Waals surface area contributed by atoms with Crippen molar-refractivity contribution in [2.24, 2.45) is 0 Å². The first-order chi connectivity index (χ1) is 8.59. The molecule has 0 fully saturated rings. The van der Waals surface area contributed by atoms with Gasteiger partial charge in [-0.15, -0.1) is 17.0 Å². The molecule has 5 heteroatoms. The summed E-state index contributed by atoms with van der Waals surface area (Å²) in [6.07, 6.45) is 1.92. The maximum atomic E-state index is 12.3. The average Bonchev–Trinajstić information content (AvgIpc) is 2.38. The van der Waals surface area contributed by atoms with Crippen LogP contribution < -0.4 is 4.57 Å². The lowest BCUT2D eigenvalue weighted by atomic mass is 10.0. The van der Waals surface area contributed by atoms with E-state index in [1.807, 2.05) is 42.8 Å². The van der Waals surface area contributed by atoms with Crippen LogP contribution in [0.1, 0.15) is 29.0 Å².